The molecule has 3 heterocycles. The summed E-state index contributed by atoms with van der Waals surface area (Å²) in [6.45, 7) is -0.271. The van der Waals surface area contributed by atoms with Gasteiger partial charge in [-0.25, -0.2) is 4.98 Å². The number of halogens is 4. The molecule has 0 fully saturated rings. The molecule has 0 spiro atoms. The summed E-state index contributed by atoms with van der Waals surface area (Å²) in [6, 6.07) is 3.23. The number of nitrogens with one attached hydrogen (secondary N) is 1. The van der Waals surface area contributed by atoms with E-state index in [0.29, 0.717) is 16.5 Å². The maximum atomic E-state index is 12.2. The number of aromatic nitrogens is 4. The van der Waals surface area contributed by atoms with Gasteiger partial charge in [-0.2, -0.15) is 18.3 Å². The van der Waals surface area contributed by atoms with Crippen molar-refractivity contribution in [2.75, 3.05) is 13.7 Å². The van der Waals surface area contributed by atoms with Gasteiger partial charge in [-0.1, -0.05) is 11.6 Å². The Kier molecular flexibility index (Phi) is 5.68. The van der Waals surface area contributed by atoms with Crippen LogP contribution in [0.25, 0.3) is 10.9 Å². The zero-order valence-electron chi connectivity index (χ0n) is 14.6. The van der Waals surface area contributed by atoms with E-state index in [9.17, 15) is 18.0 Å². The van der Waals surface area contributed by atoms with Crippen LogP contribution in [0.3, 0.4) is 0 Å². The Bertz CT molecular complexity index is 1010. The highest BCUT2D eigenvalue weighted by Crippen LogP contribution is 2.25. The third-order valence-electron chi connectivity index (χ3n) is 3.76. The lowest BCUT2D eigenvalue weighted by Crippen LogP contribution is -2.19. The highest BCUT2D eigenvalue weighted by Gasteiger charge is 2.27. The molecule has 0 aromatic carbocycles. The van der Waals surface area contributed by atoms with Crippen LogP contribution >= 0.6 is 11.6 Å². The molecule has 148 valence electrons. The molecular weight excluding hydrogens is 399 g/mol. The number of nitrogens with zero attached hydrogens (tertiary/aromatic N) is 4. The van der Waals surface area contributed by atoms with Crippen molar-refractivity contribution in [2.45, 2.75) is 19.1 Å². The SMILES string of the molecule is CNC(=O)c1nccc2nn(Cc3cnc(OCCC(F)(F)F)c(Cl)c3)cc12. The first kappa shape index (κ1) is 19.9. The van der Waals surface area contributed by atoms with Gasteiger partial charge in [-0.15, -0.1) is 0 Å². The first-order chi connectivity index (χ1) is 13.3. The molecule has 7 nitrogen and oxygen atoms in total. The molecule has 0 saturated carbocycles. The predicted octanol–water partition coefficient (Wildman–Crippen LogP) is 3.22. The fourth-order valence-electron chi connectivity index (χ4n) is 2.48. The van der Waals surface area contributed by atoms with Crippen molar-refractivity contribution >= 4 is 28.4 Å². The van der Waals surface area contributed by atoms with Crippen LogP contribution in [0.15, 0.2) is 30.7 Å². The van der Waals surface area contributed by atoms with Crippen LogP contribution in [0.1, 0.15) is 22.5 Å². The third-order valence-corrected chi connectivity index (χ3v) is 4.03. The number of rotatable bonds is 6. The molecule has 0 aliphatic heterocycles. The quantitative estimate of drug-likeness (QED) is 0.671. The normalized spacial score (nSPS) is 11.6. The number of hydrogen-bond acceptors (Lipinski definition) is 5. The van der Waals surface area contributed by atoms with Crippen LogP contribution in [0.4, 0.5) is 13.2 Å². The summed E-state index contributed by atoms with van der Waals surface area (Å²) in [5.41, 5.74) is 1.52. The van der Waals surface area contributed by atoms with E-state index in [-0.39, 0.29) is 29.0 Å². The second-order valence-electron chi connectivity index (χ2n) is 5.84. The van der Waals surface area contributed by atoms with Gasteiger partial charge < -0.3 is 10.1 Å². The first-order valence-electron chi connectivity index (χ1n) is 8.15. The number of pyridine rings is 2. The minimum Gasteiger partial charge on any atom is -0.476 e. The number of amides is 1. The van der Waals surface area contributed by atoms with Gasteiger partial charge >= 0.3 is 6.18 Å². The Hall–Kier alpha value is -2.88. The van der Waals surface area contributed by atoms with Gasteiger partial charge in [0.2, 0.25) is 5.88 Å². The van der Waals surface area contributed by atoms with E-state index in [0.717, 1.165) is 0 Å². The number of hydrogen-bond donors (Lipinski definition) is 1. The molecule has 0 aliphatic rings. The summed E-state index contributed by atoms with van der Waals surface area (Å²) in [5.74, 6) is -0.387. The second kappa shape index (κ2) is 8.01. The average molecular weight is 414 g/mol. The Morgan fingerprint density at radius 3 is 2.82 bits per heavy atom. The summed E-state index contributed by atoms with van der Waals surface area (Å²) in [6.07, 6.45) is -0.783. The molecule has 0 atom stereocenters. The van der Waals surface area contributed by atoms with Gasteiger partial charge in [-0.05, 0) is 17.7 Å². The summed E-state index contributed by atoms with van der Waals surface area (Å²) >= 11 is 6.05. The van der Waals surface area contributed by atoms with Crippen molar-refractivity contribution < 1.29 is 22.7 Å². The lowest BCUT2D eigenvalue weighted by atomic mass is 10.2. The minimum atomic E-state index is -4.31. The molecule has 0 radical (unpaired) electrons. The van der Waals surface area contributed by atoms with Crippen molar-refractivity contribution in [2.24, 2.45) is 0 Å². The smallest absolute Gasteiger partial charge is 0.392 e. The molecular formula is C17H15ClF3N5O2. The van der Waals surface area contributed by atoms with Gasteiger partial charge in [0, 0.05) is 25.6 Å². The van der Waals surface area contributed by atoms with Gasteiger partial charge in [0.05, 0.1) is 30.5 Å². The van der Waals surface area contributed by atoms with Crippen LogP contribution in [-0.4, -0.2) is 45.5 Å². The maximum Gasteiger partial charge on any atom is 0.392 e. The molecule has 0 bridgehead atoms. The minimum absolute atomic E-state index is 0.0635. The Morgan fingerprint density at radius 2 is 2.14 bits per heavy atom. The van der Waals surface area contributed by atoms with Crippen molar-refractivity contribution in [3.05, 3.63) is 47.0 Å². The lowest BCUT2D eigenvalue weighted by Gasteiger charge is -2.10. The Labute approximate surface area is 162 Å². The topological polar surface area (TPSA) is 81.9 Å². The molecule has 3 aromatic rings. The molecule has 0 aliphatic carbocycles. The van der Waals surface area contributed by atoms with Crippen LogP contribution < -0.4 is 10.1 Å². The zero-order valence-corrected chi connectivity index (χ0v) is 15.4. The molecule has 3 rings (SSSR count). The summed E-state index contributed by atoms with van der Waals surface area (Å²) in [5, 5.41) is 7.60. The Morgan fingerprint density at radius 1 is 1.36 bits per heavy atom. The number of alkyl halides is 3. The van der Waals surface area contributed by atoms with Crippen LogP contribution in [0.5, 0.6) is 5.88 Å². The van der Waals surface area contributed by atoms with E-state index in [4.69, 9.17) is 16.3 Å². The van der Waals surface area contributed by atoms with E-state index in [2.05, 4.69) is 20.4 Å². The molecule has 28 heavy (non-hydrogen) atoms. The lowest BCUT2D eigenvalue weighted by molar-refractivity contribution is -0.139. The molecule has 3 aromatic heterocycles. The fraction of sp³-hybridized carbons (Fsp3) is 0.294. The van der Waals surface area contributed by atoms with Crippen LogP contribution in [0, 0.1) is 0 Å². The maximum absolute atomic E-state index is 12.2. The fourth-order valence-corrected chi connectivity index (χ4v) is 2.73. The van der Waals surface area contributed by atoms with E-state index < -0.39 is 19.2 Å². The van der Waals surface area contributed by atoms with E-state index in [1.165, 1.54) is 19.4 Å². The summed E-state index contributed by atoms with van der Waals surface area (Å²) in [4.78, 5) is 19.9. The Balaban J connectivity index is 1.75. The van der Waals surface area contributed by atoms with Gasteiger partial charge in [0.25, 0.3) is 5.91 Å². The summed E-state index contributed by atoms with van der Waals surface area (Å²) in [7, 11) is 1.51. The number of carbonyl (C=O) groups excluding carboxylic acids is 1. The van der Waals surface area contributed by atoms with Gasteiger partial charge in [-0.3, -0.25) is 14.5 Å². The largest absolute Gasteiger partial charge is 0.476 e. The average Bonchev–Trinajstić information content (AvgIpc) is 3.04. The zero-order chi connectivity index (χ0) is 20.3. The van der Waals surface area contributed by atoms with E-state index in [1.807, 2.05) is 0 Å². The molecule has 0 saturated heterocycles. The second-order valence-corrected chi connectivity index (χ2v) is 6.25. The molecule has 1 amide bonds. The highest BCUT2D eigenvalue weighted by molar-refractivity contribution is 6.31. The highest BCUT2D eigenvalue weighted by atomic mass is 35.5. The first-order valence-corrected chi connectivity index (χ1v) is 8.53. The van der Waals surface area contributed by atoms with E-state index in [1.54, 1.807) is 23.0 Å². The monoisotopic (exact) mass is 413 g/mol. The molecule has 11 heteroatoms. The molecule has 1 N–H and O–H groups in total. The summed E-state index contributed by atoms with van der Waals surface area (Å²) < 4.78 is 43.1. The predicted molar refractivity (Wildman–Crippen MR) is 95.4 cm³/mol. The van der Waals surface area contributed by atoms with Crippen molar-refractivity contribution in [1.82, 2.24) is 25.1 Å². The third kappa shape index (κ3) is 4.69. The van der Waals surface area contributed by atoms with Crippen LogP contribution in [-0.2, 0) is 6.54 Å². The van der Waals surface area contributed by atoms with Crippen molar-refractivity contribution in [3.8, 4) is 5.88 Å². The number of carbonyl (C=O) groups is 1. The number of ether oxygens (including phenoxy) is 1. The molecule has 0 unspecified atom stereocenters. The standard InChI is InChI=1S/C17H15ClF3N5O2/c1-22-15(27)14-11-9-26(25-13(11)2-4-23-14)8-10-6-12(18)16(24-7-10)28-5-3-17(19,20)21/h2,4,6-7,9H,3,5,8H2,1H3,(H,22,27). The van der Waals surface area contributed by atoms with Crippen molar-refractivity contribution in [1.29, 1.82) is 0 Å². The van der Waals surface area contributed by atoms with E-state index >= 15 is 0 Å². The van der Waals surface area contributed by atoms with Crippen molar-refractivity contribution in [3.63, 3.8) is 0 Å². The van der Waals surface area contributed by atoms with Gasteiger partial charge in [0.1, 0.15) is 10.7 Å². The number of fused-ring (bicyclic) bond motifs is 1. The van der Waals surface area contributed by atoms with Crippen LogP contribution in [0.2, 0.25) is 5.02 Å². The van der Waals surface area contributed by atoms with Gasteiger partial charge in [0.15, 0.2) is 0 Å².